The number of hydrogen-bond donors (Lipinski definition) is 1. The highest BCUT2D eigenvalue weighted by atomic mass is 19.1. The number of fused-ring (bicyclic) bond motifs is 1. The van der Waals surface area contributed by atoms with Crippen molar-refractivity contribution in [3.05, 3.63) is 95.4 Å². The Labute approximate surface area is 178 Å². The van der Waals surface area contributed by atoms with E-state index in [-0.39, 0.29) is 17.3 Å². The van der Waals surface area contributed by atoms with E-state index >= 15 is 0 Å². The van der Waals surface area contributed by atoms with Crippen LogP contribution in [0.1, 0.15) is 28.5 Å². The fraction of sp³-hybridized carbons (Fsp3) is 0.125. The molecular formula is C24H20FN5O. The molecule has 0 radical (unpaired) electrons. The zero-order chi connectivity index (χ0) is 21.4. The van der Waals surface area contributed by atoms with Crippen LogP contribution in [0.4, 0.5) is 21.6 Å². The third kappa shape index (κ3) is 3.77. The zero-order valence-electron chi connectivity index (χ0n) is 16.9. The first-order chi connectivity index (χ1) is 15.1. The lowest BCUT2D eigenvalue weighted by Crippen LogP contribution is -2.14. The van der Waals surface area contributed by atoms with E-state index in [2.05, 4.69) is 44.7 Å². The summed E-state index contributed by atoms with van der Waals surface area (Å²) in [6.07, 6.45) is 0. The molecule has 0 bridgehead atoms. The van der Waals surface area contributed by atoms with Crippen LogP contribution in [0.2, 0.25) is 0 Å². The summed E-state index contributed by atoms with van der Waals surface area (Å²) in [5, 5.41) is 11.8. The van der Waals surface area contributed by atoms with Crippen molar-refractivity contribution in [1.29, 1.82) is 0 Å². The minimum Gasteiger partial charge on any atom is -0.363 e. The van der Waals surface area contributed by atoms with Gasteiger partial charge < -0.3 is 10.2 Å². The number of anilines is 3. The summed E-state index contributed by atoms with van der Waals surface area (Å²) in [6, 6.07) is 22.3. The molecule has 0 spiro atoms. The molecule has 1 aliphatic heterocycles. The summed E-state index contributed by atoms with van der Waals surface area (Å²) < 4.78 is 13.2. The predicted octanol–water partition coefficient (Wildman–Crippen LogP) is 4.87. The molecule has 0 unspecified atom stereocenters. The molecule has 0 saturated heterocycles. The summed E-state index contributed by atoms with van der Waals surface area (Å²) in [6.45, 7) is 3.23. The largest absolute Gasteiger partial charge is 0.363 e. The van der Waals surface area contributed by atoms with E-state index in [0.717, 1.165) is 24.5 Å². The van der Waals surface area contributed by atoms with E-state index in [9.17, 15) is 9.18 Å². The zero-order valence-corrected chi connectivity index (χ0v) is 16.9. The maximum Gasteiger partial charge on any atom is 0.184 e. The highest BCUT2D eigenvalue weighted by Crippen LogP contribution is 2.29. The van der Waals surface area contributed by atoms with Gasteiger partial charge in [0.15, 0.2) is 17.3 Å². The molecule has 6 nitrogen and oxygen atoms in total. The molecule has 1 aromatic heterocycles. The second-order valence-corrected chi connectivity index (χ2v) is 7.52. The highest BCUT2D eigenvalue weighted by Gasteiger charge is 2.19. The van der Waals surface area contributed by atoms with Crippen molar-refractivity contribution >= 4 is 23.0 Å². The predicted molar refractivity (Wildman–Crippen MR) is 117 cm³/mol. The Hall–Kier alpha value is -4.00. The number of hydrogen-bond acceptors (Lipinski definition) is 5. The van der Waals surface area contributed by atoms with Gasteiger partial charge in [-0.05, 0) is 59.7 Å². The Bertz CT molecular complexity index is 1220. The van der Waals surface area contributed by atoms with Crippen LogP contribution in [0.15, 0.2) is 72.8 Å². The first-order valence-corrected chi connectivity index (χ1v) is 10.00. The Morgan fingerprint density at radius 1 is 0.871 bits per heavy atom. The van der Waals surface area contributed by atoms with Gasteiger partial charge in [-0.2, -0.15) is 0 Å². The van der Waals surface area contributed by atoms with Gasteiger partial charge in [-0.1, -0.05) is 24.3 Å². The van der Waals surface area contributed by atoms with Crippen LogP contribution in [0.25, 0.3) is 5.69 Å². The summed E-state index contributed by atoms with van der Waals surface area (Å²) in [7, 11) is 0. The maximum atomic E-state index is 13.2. The van der Waals surface area contributed by atoms with Crippen molar-refractivity contribution in [2.45, 2.75) is 20.0 Å². The number of aromatic nitrogens is 3. The second kappa shape index (κ2) is 7.68. The van der Waals surface area contributed by atoms with E-state index in [1.54, 1.807) is 12.1 Å². The minimum absolute atomic E-state index is 0.206. The Morgan fingerprint density at radius 3 is 2.10 bits per heavy atom. The van der Waals surface area contributed by atoms with Gasteiger partial charge in [0.2, 0.25) is 0 Å². The SMILES string of the molecule is CC(=O)c1nn(-c2ccc(F)cc2)nc1Nc1ccc(N2Cc3ccccc3C2)cc1. The molecule has 7 heteroatoms. The molecule has 5 rings (SSSR count). The fourth-order valence-corrected chi connectivity index (χ4v) is 3.73. The van der Waals surface area contributed by atoms with E-state index in [4.69, 9.17) is 0 Å². The lowest BCUT2D eigenvalue weighted by atomic mass is 10.1. The van der Waals surface area contributed by atoms with Crippen LogP contribution in [0.3, 0.4) is 0 Å². The lowest BCUT2D eigenvalue weighted by Gasteiger charge is -2.18. The molecule has 31 heavy (non-hydrogen) atoms. The number of ketones is 1. The van der Waals surface area contributed by atoms with Crippen molar-refractivity contribution in [3.8, 4) is 5.69 Å². The molecule has 4 aromatic rings. The lowest BCUT2D eigenvalue weighted by molar-refractivity contribution is 0.101. The van der Waals surface area contributed by atoms with Gasteiger partial charge in [0.05, 0.1) is 5.69 Å². The topological polar surface area (TPSA) is 63.1 Å². The van der Waals surface area contributed by atoms with Gasteiger partial charge >= 0.3 is 0 Å². The van der Waals surface area contributed by atoms with Gasteiger partial charge in [0.25, 0.3) is 0 Å². The monoisotopic (exact) mass is 413 g/mol. The Balaban J connectivity index is 1.36. The normalized spacial score (nSPS) is 12.6. The molecule has 0 fully saturated rings. The fourth-order valence-electron chi connectivity index (χ4n) is 3.73. The van der Waals surface area contributed by atoms with Crippen LogP contribution < -0.4 is 10.2 Å². The third-order valence-corrected chi connectivity index (χ3v) is 5.34. The average Bonchev–Trinajstić information content (AvgIpc) is 3.39. The summed E-state index contributed by atoms with van der Waals surface area (Å²) in [5.41, 5.74) is 5.43. The molecule has 154 valence electrons. The number of nitrogens with one attached hydrogen (secondary N) is 1. The van der Waals surface area contributed by atoms with Crippen LogP contribution in [0.5, 0.6) is 0 Å². The molecule has 0 amide bonds. The smallest absolute Gasteiger partial charge is 0.184 e. The van der Waals surface area contributed by atoms with Crippen LogP contribution in [-0.4, -0.2) is 20.8 Å². The molecule has 2 heterocycles. The van der Waals surface area contributed by atoms with Gasteiger partial charge in [0, 0.05) is 31.4 Å². The maximum absolute atomic E-state index is 13.2. The van der Waals surface area contributed by atoms with E-state index < -0.39 is 0 Å². The average molecular weight is 413 g/mol. The molecule has 0 saturated carbocycles. The number of rotatable bonds is 5. The quantitative estimate of drug-likeness (QED) is 0.473. The third-order valence-electron chi connectivity index (χ3n) is 5.34. The second-order valence-electron chi connectivity index (χ2n) is 7.52. The molecule has 1 N–H and O–H groups in total. The molecule has 0 atom stereocenters. The highest BCUT2D eigenvalue weighted by molar-refractivity contribution is 5.97. The van der Waals surface area contributed by atoms with Gasteiger partial charge in [0.1, 0.15) is 5.82 Å². The van der Waals surface area contributed by atoms with Gasteiger partial charge in [-0.15, -0.1) is 15.0 Å². The van der Waals surface area contributed by atoms with Crippen LogP contribution in [-0.2, 0) is 13.1 Å². The van der Waals surface area contributed by atoms with E-state index in [1.807, 2.05) is 24.3 Å². The number of carbonyl (C=O) groups is 1. The van der Waals surface area contributed by atoms with E-state index in [0.29, 0.717) is 11.5 Å². The van der Waals surface area contributed by atoms with Crippen molar-refractivity contribution in [2.75, 3.05) is 10.2 Å². The molecule has 1 aliphatic rings. The summed E-state index contributed by atoms with van der Waals surface area (Å²) in [4.78, 5) is 15.7. The Morgan fingerprint density at radius 2 is 1.48 bits per heavy atom. The summed E-state index contributed by atoms with van der Waals surface area (Å²) in [5.74, 6) is -0.192. The van der Waals surface area contributed by atoms with Crippen molar-refractivity contribution in [3.63, 3.8) is 0 Å². The van der Waals surface area contributed by atoms with E-state index in [1.165, 1.54) is 35.0 Å². The van der Waals surface area contributed by atoms with Crippen molar-refractivity contribution < 1.29 is 9.18 Å². The molecule has 0 aliphatic carbocycles. The van der Waals surface area contributed by atoms with Crippen LogP contribution >= 0.6 is 0 Å². The number of Topliss-reactive ketones (excluding diaryl/α,β-unsaturated/α-hetero) is 1. The molecular weight excluding hydrogens is 393 g/mol. The summed E-state index contributed by atoms with van der Waals surface area (Å²) >= 11 is 0. The standard InChI is InChI=1S/C24H20FN5O/c1-16(31)23-24(28-30(27-23)22-10-6-19(25)7-11-22)26-20-8-12-21(13-9-20)29-14-17-4-2-3-5-18(17)15-29/h2-13H,14-15H2,1H3,(H,26,28). The minimum atomic E-state index is -0.345. The number of halogens is 1. The van der Waals surface area contributed by atoms with Crippen molar-refractivity contribution in [2.24, 2.45) is 0 Å². The molecule has 3 aromatic carbocycles. The number of carbonyl (C=O) groups excluding carboxylic acids is 1. The number of nitrogens with zero attached hydrogens (tertiary/aromatic N) is 4. The van der Waals surface area contributed by atoms with Gasteiger partial charge in [-0.3, -0.25) is 4.79 Å². The first-order valence-electron chi connectivity index (χ1n) is 10.00. The van der Waals surface area contributed by atoms with Gasteiger partial charge in [-0.25, -0.2) is 4.39 Å². The van der Waals surface area contributed by atoms with Crippen LogP contribution in [0, 0.1) is 5.82 Å². The Kier molecular flexibility index (Phi) is 4.71. The first kappa shape index (κ1) is 19.0. The number of benzene rings is 3. The van der Waals surface area contributed by atoms with Crippen molar-refractivity contribution in [1.82, 2.24) is 15.0 Å².